The molecule has 4 heterocycles. The van der Waals surface area contributed by atoms with E-state index in [1.54, 1.807) is 0 Å². The largest absolute Gasteiger partial charge is 0.494 e. The predicted molar refractivity (Wildman–Crippen MR) is 198 cm³/mol. The Kier molecular flexibility index (Phi) is 8.76. The van der Waals surface area contributed by atoms with Gasteiger partial charge in [-0.2, -0.15) is 9.67 Å². The van der Waals surface area contributed by atoms with Crippen molar-refractivity contribution < 1.29 is 23.2 Å². The topological polar surface area (TPSA) is 75.3 Å². The summed E-state index contributed by atoms with van der Waals surface area (Å²) in [6.07, 6.45) is 3.34. The summed E-state index contributed by atoms with van der Waals surface area (Å²) in [5.74, 6) is 0.735. The summed E-state index contributed by atoms with van der Waals surface area (Å²) in [4.78, 5) is 15.7. The van der Waals surface area contributed by atoms with Gasteiger partial charge < -0.3 is 13.9 Å². The molecule has 0 spiro atoms. The normalized spacial score (nSPS) is 17.1. The number of amides is 1. The lowest BCUT2D eigenvalue weighted by Gasteiger charge is -2.23. The number of hydrogen-bond acceptors (Lipinski definition) is 5. The summed E-state index contributed by atoms with van der Waals surface area (Å²) < 4.78 is 23.9. The Bertz CT molecular complexity index is 2260. The number of aryl methyl sites for hydroxylation is 5. The highest BCUT2D eigenvalue weighted by Crippen LogP contribution is 2.44. The molecule has 252 valence electrons. The van der Waals surface area contributed by atoms with Crippen LogP contribution in [0.4, 0.5) is 5.69 Å². The molecule has 0 aliphatic carbocycles. The highest BCUT2D eigenvalue weighted by atomic mass is 35.5. The fourth-order valence-corrected chi connectivity index (χ4v) is 8.20. The van der Waals surface area contributed by atoms with Crippen LogP contribution in [0.25, 0.3) is 22.0 Å². The van der Waals surface area contributed by atoms with Crippen molar-refractivity contribution in [2.75, 3.05) is 20.2 Å². The molecule has 2 aromatic heterocycles. The number of rotatable bonds is 7. The first-order chi connectivity index (χ1) is 23.4. The highest BCUT2D eigenvalue weighted by molar-refractivity contribution is 7.93. The van der Waals surface area contributed by atoms with Gasteiger partial charge in [-0.3, -0.25) is 4.68 Å². The Morgan fingerprint density at radius 3 is 2.47 bits per heavy atom. The molecule has 1 atom stereocenters. The summed E-state index contributed by atoms with van der Waals surface area (Å²) in [7, 11) is 3.91. The third-order valence-corrected chi connectivity index (χ3v) is 11.3. The number of benzene rings is 3. The second kappa shape index (κ2) is 12.8. The number of fused-ring (bicyclic) bond motifs is 4. The van der Waals surface area contributed by atoms with Gasteiger partial charge in [-0.15, -0.1) is 4.58 Å². The fraction of sp³-hybridized carbons (Fsp3) is 0.316. The summed E-state index contributed by atoms with van der Waals surface area (Å²) in [5.41, 5.74) is 11.1. The second-order valence-electron chi connectivity index (χ2n) is 13.2. The third-order valence-electron chi connectivity index (χ3n) is 9.90. The molecule has 11 heteroatoms. The number of aromatic nitrogens is 3. The number of carbonyl (C=O) groups is 1. The minimum atomic E-state index is -0.0581. The number of ether oxygens (including phenoxy) is 1. The Morgan fingerprint density at radius 2 is 1.80 bits per heavy atom. The van der Waals surface area contributed by atoms with E-state index in [0.717, 1.165) is 82.7 Å². The quantitative estimate of drug-likeness (QED) is 0.104. The van der Waals surface area contributed by atoms with Gasteiger partial charge in [0.1, 0.15) is 18.4 Å². The van der Waals surface area contributed by atoms with Crippen LogP contribution < -0.4 is 4.74 Å². The van der Waals surface area contributed by atoms with Crippen LogP contribution in [0.3, 0.4) is 0 Å². The Hall–Kier alpha value is -3.89. The van der Waals surface area contributed by atoms with Crippen LogP contribution in [0.2, 0.25) is 10.0 Å². The molecule has 2 aliphatic heterocycles. The lowest BCUT2D eigenvalue weighted by molar-refractivity contribution is -0.439. The van der Waals surface area contributed by atoms with Gasteiger partial charge in [0.2, 0.25) is 11.9 Å². The first-order valence-corrected chi connectivity index (χ1v) is 17.9. The van der Waals surface area contributed by atoms with Gasteiger partial charge in [0, 0.05) is 57.3 Å². The molecule has 2 aliphatic rings. The zero-order valence-corrected chi connectivity index (χ0v) is 31.0. The number of hydrogen-bond donors (Lipinski definition) is 1. The van der Waals surface area contributed by atoms with Gasteiger partial charge in [-0.1, -0.05) is 29.3 Å². The lowest BCUT2D eigenvalue weighted by atomic mass is 9.98. The van der Waals surface area contributed by atoms with Crippen molar-refractivity contribution >= 4 is 69.7 Å². The smallest absolute Gasteiger partial charge is 0.437 e. The first kappa shape index (κ1) is 33.6. The van der Waals surface area contributed by atoms with Crippen LogP contribution in [-0.2, 0) is 13.5 Å². The molecule has 1 amide bonds. The number of halogens is 2. The van der Waals surface area contributed by atoms with Crippen molar-refractivity contribution in [3.63, 3.8) is 0 Å². The molecule has 0 radical (unpaired) electrons. The van der Waals surface area contributed by atoms with E-state index in [9.17, 15) is 9.35 Å². The van der Waals surface area contributed by atoms with Gasteiger partial charge in [-0.25, -0.2) is 4.79 Å². The van der Waals surface area contributed by atoms with E-state index >= 15 is 0 Å². The lowest BCUT2D eigenvalue weighted by Crippen LogP contribution is -2.40. The van der Waals surface area contributed by atoms with Crippen molar-refractivity contribution in [1.29, 1.82) is 0 Å². The average molecular weight is 717 g/mol. The van der Waals surface area contributed by atoms with Crippen molar-refractivity contribution in [2.45, 2.75) is 58.4 Å². The van der Waals surface area contributed by atoms with Crippen LogP contribution >= 0.6 is 35.2 Å². The summed E-state index contributed by atoms with van der Waals surface area (Å²) in [6.45, 7) is 11.2. The molecule has 7 rings (SSSR count). The molecule has 0 bridgehead atoms. The molecule has 3 aromatic carbocycles. The summed E-state index contributed by atoms with van der Waals surface area (Å²) in [5, 5.41) is 7.12. The van der Waals surface area contributed by atoms with Gasteiger partial charge in [0.05, 0.1) is 28.9 Å². The van der Waals surface area contributed by atoms with E-state index in [4.69, 9.17) is 33.0 Å². The third kappa shape index (κ3) is 5.51. The van der Waals surface area contributed by atoms with E-state index in [2.05, 4.69) is 24.5 Å². The zero-order chi connectivity index (χ0) is 34.9. The van der Waals surface area contributed by atoms with Crippen LogP contribution in [0.15, 0.2) is 47.4 Å². The van der Waals surface area contributed by atoms with E-state index in [1.165, 1.54) is 0 Å². The van der Waals surface area contributed by atoms with Gasteiger partial charge >= 0.3 is 5.91 Å². The van der Waals surface area contributed by atoms with Gasteiger partial charge in [-0.05, 0) is 94.5 Å². The maximum atomic E-state index is 14.9. The predicted octanol–water partition coefficient (Wildman–Crippen LogP) is 8.73. The number of nitrogens with zero attached hydrogens (tertiary/aromatic N) is 5. The van der Waals surface area contributed by atoms with Crippen LogP contribution in [-0.4, -0.2) is 66.1 Å². The monoisotopic (exact) mass is 715 g/mol. The Morgan fingerprint density at radius 1 is 1.06 bits per heavy atom. The maximum Gasteiger partial charge on any atom is 0.437 e. The van der Waals surface area contributed by atoms with E-state index in [-0.39, 0.29) is 11.9 Å². The van der Waals surface area contributed by atoms with Crippen molar-refractivity contribution in [2.24, 2.45) is 7.05 Å². The molecule has 0 fully saturated rings. The summed E-state index contributed by atoms with van der Waals surface area (Å²) >= 11 is 14.2. The fourth-order valence-electron chi connectivity index (χ4n) is 7.55. The van der Waals surface area contributed by atoms with Gasteiger partial charge in [0.15, 0.2) is 12.2 Å². The molecule has 8 nitrogen and oxygen atoms in total. The molecule has 1 N–H and O–H groups in total. The second-order valence-corrected chi connectivity index (χ2v) is 14.6. The first-order valence-electron chi connectivity index (χ1n) is 16.4. The number of carbonyl (C=O) groups excluding carboxylic acids is 1. The van der Waals surface area contributed by atoms with E-state index < -0.39 is 0 Å². The Balaban J connectivity index is 1.38. The van der Waals surface area contributed by atoms with E-state index in [1.807, 2.05) is 91.3 Å². The summed E-state index contributed by atoms with van der Waals surface area (Å²) in [6, 6.07) is 13.7. The molecule has 0 saturated heterocycles. The maximum absolute atomic E-state index is 14.9. The highest BCUT2D eigenvalue weighted by Gasteiger charge is 2.44. The van der Waals surface area contributed by atoms with Gasteiger partial charge in [0.25, 0.3) is 5.71 Å². The molecular weight excluding hydrogens is 677 g/mol. The Labute approximate surface area is 300 Å². The zero-order valence-electron chi connectivity index (χ0n) is 28.7. The SMILES string of the molecule is Cc1cc(OCCCc2c3n(c4c(-c5c(C)nn(C)c5C)c(Cl)ccc24)[C@H](C)C[N+](=C2C=[N+](C)c4cc(SO)ccc42)C3=O)cc(C)c1Cl. The molecule has 5 aromatic rings. The molecular formula is C38H39Cl2N5O3S+2. The molecule has 0 unspecified atom stereocenters. The van der Waals surface area contributed by atoms with Crippen molar-refractivity contribution in [1.82, 2.24) is 14.3 Å². The van der Waals surface area contributed by atoms with Crippen LogP contribution in [0, 0.1) is 27.7 Å². The molecule has 0 saturated carbocycles. The average Bonchev–Trinajstić information content (AvgIpc) is 3.67. The van der Waals surface area contributed by atoms with Crippen LogP contribution in [0.5, 0.6) is 5.75 Å². The minimum Gasteiger partial charge on any atom is -0.494 e. The minimum absolute atomic E-state index is 0.0519. The van der Waals surface area contributed by atoms with Crippen molar-refractivity contribution in [3.05, 3.63) is 91.8 Å². The van der Waals surface area contributed by atoms with E-state index in [0.29, 0.717) is 48.8 Å². The standard InChI is InChI=1S/C38H38Cl2N5O3S/c1-20-15-25(16-21(2)35(20)40)48-14-8-9-27-28-12-13-30(39)34(33-23(4)41-43(7)24(33)5)36(28)45-22(3)18-44(38(46)37(27)45)32-19-42(6)31-17-26(49-47)10-11-29(31)32/h10-13,15-17,19,22H,8-9,14,18H2,1-7H3/q+1/p+1/t22-/m1/s1. The van der Waals surface area contributed by atoms with Crippen LogP contribution in [0.1, 0.15) is 63.5 Å². The molecule has 49 heavy (non-hydrogen) atoms. The van der Waals surface area contributed by atoms with Crippen molar-refractivity contribution in [3.8, 4) is 16.9 Å².